The highest BCUT2D eigenvalue weighted by atomic mass is 19.1. The number of carbonyl (C=O) groups is 2. The zero-order chi connectivity index (χ0) is 19.0. The first kappa shape index (κ1) is 21.1. The maximum absolute atomic E-state index is 13.5. The van der Waals surface area contributed by atoms with Crippen molar-refractivity contribution in [3.8, 4) is 0 Å². The van der Waals surface area contributed by atoms with Gasteiger partial charge < -0.3 is 20.8 Å². The molecule has 25 heavy (non-hydrogen) atoms. The van der Waals surface area contributed by atoms with Gasteiger partial charge in [0.2, 0.25) is 11.8 Å². The minimum Gasteiger partial charge on any atom is -0.396 e. The summed E-state index contributed by atoms with van der Waals surface area (Å²) in [6.45, 7) is 4.67. The summed E-state index contributed by atoms with van der Waals surface area (Å²) >= 11 is 0. The Bertz CT molecular complexity index is 592. The molecule has 7 heteroatoms. The fourth-order valence-corrected chi connectivity index (χ4v) is 2.14. The van der Waals surface area contributed by atoms with E-state index in [0.29, 0.717) is 12.0 Å². The third kappa shape index (κ3) is 6.80. The largest absolute Gasteiger partial charge is 0.396 e. The van der Waals surface area contributed by atoms with E-state index in [1.165, 1.54) is 6.07 Å². The minimum absolute atomic E-state index is 0.138. The Labute approximate surface area is 147 Å². The molecule has 0 saturated heterocycles. The lowest BCUT2D eigenvalue weighted by atomic mass is 9.87. The lowest BCUT2D eigenvalue weighted by Gasteiger charge is -2.27. The monoisotopic (exact) mass is 354 g/mol. The van der Waals surface area contributed by atoms with Crippen molar-refractivity contribution in [1.82, 2.24) is 10.6 Å². The van der Waals surface area contributed by atoms with Crippen molar-refractivity contribution in [3.63, 3.8) is 0 Å². The third-order valence-electron chi connectivity index (χ3n) is 3.97. The van der Waals surface area contributed by atoms with Crippen LogP contribution in [0.25, 0.3) is 0 Å². The number of nitrogens with one attached hydrogen (secondary N) is 2. The Morgan fingerprint density at radius 1 is 1.28 bits per heavy atom. The molecular formula is C18H27FN2O4. The summed E-state index contributed by atoms with van der Waals surface area (Å²) in [5.41, 5.74) is -0.468. The Kier molecular flexibility index (Phi) is 7.99. The van der Waals surface area contributed by atoms with Gasteiger partial charge in [0.1, 0.15) is 11.9 Å². The normalized spacial score (nSPS) is 13.8. The van der Waals surface area contributed by atoms with E-state index in [1.807, 2.05) is 0 Å². The quantitative estimate of drug-likeness (QED) is 0.526. The maximum atomic E-state index is 13.5. The molecule has 4 N–H and O–H groups in total. The molecular weight excluding hydrogens is 327 g/mol. The molecule has 2 amide bonds. The smallest absolute Gasteiger partial charge is 0.249 e. The van der Waals surface area contributed by atoms with Crippen LogP contribution < -0.4 is 10.6 Å². The van der Waals surface area contributed by atoms with Gasteiger partial charge in [-0.3, -0.25) is 9.59 Å². The highest BCUT2D eigenvalue weighted by Gasteiger charge is 2.32. The van der Waals surface area contributed by atoms with Crippen LogP contribution in [-0.4, -0.2) is 47.3 Å². The molecule has 1 aromatic rings. The van der Waals surface area contributed by atoms with E-state index in [0.717, 1.165) is 0 Å². The number of aryl methyl sites for hydroxylation is 1. The molecule has 0 fully saturated rings. The van der Waals surface area contributed by atoms with Crippen LogP contribution in [-0.2, 0) is 16.0 Å². The molecule has 140 valence electrons. The number of amides is 2. The first-order valence-corrected chi connectivity index (χ1v) is 8.26. The summed E-state index contributed by atoms with van der Waals surface area (Å²) in [5.74, 6) is -1.19. The second kappa shape index (κ2) is 9.48. The molecule has 0 saturated carbocycles. The Morgan fingerprint density at radius 2 is 1.92 bits per heavy atom. The predicted molar refractivity (Wildman–Crippen MR) is 92.2 cm³/mol. The third-order valence-corrected chi connectivity index (χ3v) is 3.97. The average Bonchev–Trinajstić information content (AvgIpc) is 2.58. The predicted octanol–water partition coefficient (Wildman–Crippen LogP) is 0.759. The molecule has 2 atom stereocenters. The minimum atomic E-state index is -1.35. The zero-order valence-corrected chi connectivity index (χ0v) is 14.9. The Hall–Kier alpha value is -1.99. The van der Waals surface area contributed by atoms with Crippen LogP contribution >= 0.6 is 0 Å². The number of hydrogen-bond acceptors (Lipinski definition) is 4. The van der Waals surface area contributed by atoms with Gasteiger partial charge in [0.15, 0.2) is 0 Å². The van der Waals surface area contributed by atoms with Crippen molar-refractivity contribution in [2.75, 3.05) is 13.2 Å². The highest BCUT2D eigenvalue weighted by Crippen LogP contribution is 2.19. The lowest BCUT2D eigenvalue weighted by Crippen LogP contribution is -2.49. The van der Waals surface area contributed by atoms with Gasteiger partial charge >= 0.3 is 0 Å². The van der Waals surface area contributed by atoms with Gasteiger partial charge in [-0.15, -0.1) is 0 Å². The molecule has 0 spiro atoms. The van der Waals surface area contributed by atoms with E-state index in [-0.39, 0.29) is 37.3 Å². The van der Waals surface area contributed by atoms with Crippen molar-refractivity contribution < 1.29 is 24.2 Å². The molecule has 2 unspecified atom stereocenters. The van der Waals surface area contributed by atoms with Crippen LogP contribution in [0, 0.1) is 11.2 Å². The SMILES string of the molecule is CC(CNC(=O)C(O)C(C)(C)CO)NC(=O)CCc1ccccc1F. The van der Waals surface area contributed by atoms with Gasteiger partial charge in [-0.1, -0.05) is 32.0 Å². The standard InChI is InChI=1S/C18H27FN2O4/c1-12(10-20-17(25)16(24)18(2,3)11-22)21-15(23)9-8-13-6-4-5-7-14(13)19/h4-7,12,16,22,24H,8-11H2,1-3H3,(H,20,25)(H,21,23). The molecule has 0 bridgehead atoms. The first-order chi connectivity index (χ1) is 11.7. The molecule has 0 aromatic heterocycles. The number of hydrogen-bond donors (Lipinski definition) is 4. The molecule has 1 aromatic carbocycles. The van der Waals surface area contributed by atoms with Crippen molar-refractivity contribution >= 4 is 11.8 Å². The number of benzene rings is 1. The number of rotatable bonds is 9. The molecule has 0 heterocycles. The van der Waals surface area contributed by atoms with Gasteiger partial charge in [-0.25, -0.2) is 4.39 Å². The molecule has 0 aliphatic heterocycles. The Balaban J connectivity index is 2.36. The van der Waals surface area contributed by atoms with E-state index < -0.39 is 17.4 Å². The number of aliphatic hydroxyl groups is 2. The van der Waals surface area contributed by atoms with Crippen molar-refractivity contribution in [3.05, 3.63) is 35.6 Å². The van der Waals surface area contributed by atoms with Crippen molar-refractivity contribution in [1.29, 1.82) is 0 Å². The summed E-state index contributed by atoms with van der Waals surface area (Å²) in [5, 5.41) is 24.3. The number of halogens is 1. The van der Waals surface area contributed by atoms with Crippen LogP contribution in [0.3, 0.4) is 0 Å². The summed E-state index contributed by atoms with van der Waals surface area (Å²) in [4.78, 5) is 23.8. The van der Waals surface area contributed by atoms with Crippen LogP contribution in [0.1, 0.15) is 32.8 Å². The van der Waals surface area contributed by atoms with Gasteiger partial charge in [0.05, 0.1) is 6.61 Å². The zero-order valence-electron chi connectivity index (χ0n) is 14.9. The van der Waals surface area contributed by atoms with Gasteiger partial charge in [-0.05, 0) is 25.0 Å². The average molecular weight is 354 g/mol. The molecule has 0 radical (unpaired) electrons. The number of carbonyl (C=O) groups excluding carboxylic acids is 2. The van der Waals surface area contributed by atoms with Crippen LogP contribution in [0.5, 0.6) is 0 Å². The van der Waals surface area contributed by atoms with E-state index in [2.05, 4.69) is 10.6 Å². The van der Waals surface area contributed by atoms with Crippen LogP contribution in [0.4, 0.5) is 4.39 Å². The Morgan fingerprint density at radius 3 is 2.52 bits per heavy atom. The second-order valence-electron chi connectivity index (χ2n) is 6.85. The molecule has 1 rings (SSSR count). The van der Waals surface area contributed by atoms with Crippen LogP contribution in [0.2, 0.25) is 0 Å². The van der Waals surface area contributed by atoms with Gasteiger partial charge in [0.25, 0.3) is 0 Å². The second-order valence-corrected chi connectivity index (χ2v) is 6.85. The van der Waals surface area contributed by atoms with E-state index in [4.69, 9.17) is 5.11 Å². The lowest BCUT2D eigenvalue weighted by molar-refractivity contribution is -0.137. The maximum Gasteiger partial charge on any atom is 0.249 e. The summed E-state index contributed by atoms with van der Waals surface area (Å²) in [7, 11) is 0. The topological polar surface area (TPSA) is 98.7 Å². The van der Waals surface area contributed by atoms with Crippen molar-refractivity contribution in [2.45, 2.75) is 45.8 Å². The molecule has 0 aliphatic carbocycles. The summed E-state index contributed by atoms with van der Waals surface area (Å²) in [6.07, 6.45) is -0.915. The fourth-order valence-electron chi connectivity index (χ4n) is 2.14. The van der Waals surface area contributed by atoms with E-state index >= 15 is 0 Å². The van der Waals surface area contributed by atoms with E-state index in [9.17, 15) is 19.1 Å². The van der Waals surface area contributed by atoms with Gasteiger partial charge in [-0.2, -0.15) is 0 Å². The highest BCUT2D eigenvalue weighted by molar-refractivity contribution is 5.81. The summed E-state index contributed by atoms with van der Waals surface area (Å²) in [6, 6.07) is 5.95. The van der Waals surface area contributed by atoms with Crippen LogP contribution in [0.15, 0.2) is 24.3 Å². The summed E-state index contributed by atoms with van der Waals surface area (Å²) < 4.78 is 13.5. The molecule has 0 aliphatic rings. The van der Waals surface area contributed by atoms with Crippen molar-refractivity contribution in [2.24, 2.45) is 5.41 Å². The molecule has 6 nitrogen and oxygen atoms in total. The first-order valence-electron chi connectivity index (χ1n) is 8.26. The fraction of sp³-hybridized carbons (Fsp3) is 0.556. The van der Waals surface area contributed by atoms with Gasteiger partial charge in [0, 0.05) is 24.4 Å². The number of aliphatic hydroxyl groups excluding tert-OH is 2. The van der Waals surface area contributed by atoms with E-state index in [1.54, 1.807) is 39.0 Å².